The Morgan fingerprint density at radius 1 is 0.460 bits per heavy atom. The molecule has 0 amide bonds. The zero-order valence-corrected chi connectivity index (χ0v) is 25.9. The molecule has 0 radical (unpaired) electrons. The Balaban J connectivity index is 1.36. The Kier molecular flexibility index (Phi) is 4.12. The lowest BCUT2D eigenvalue weighted by atomic mass is 10.0. The molecule has 234 valence electrons. The second kappa shape index (κ2) is 11.4. The fourth-order valence-corrected chi connectivity index (χ4v) is 6.35. The van der Waals surface area contributed by atoms with E-state index in [1.54, 1.807) is 6.07 Å². The SMILES string of the molecule is [2H]c1c([2H])c([2H])c(-c2cc(-c3nc(-c4ccccc4)nc(-c4cccc5c4oc4ccccc45)n3)cc(-n3c4c([2H])c([2H])c([2H])c([2H])c4c4c([2H])c([2H])c([2H])c([2H])c43)c2)c([2H])c1[2H]. The highest BCUT2D eigenvalue weighted by molar-refractivity contribution is 6.10. The van der Waals surface area contributed by atoms with Crippen LogP contribution in [-0.2, 0) is 0 Å². The number of rotatable bonds is 5. The maximum absolute atomic E-state index is 9.13. The van der Waals surface area contributed by atoms with Crippen LogP contribution in [0, 0.1) is 0 Å². The molecule has 0 aliphatic carbocycles. The van der Waals surface area contributed by atoms with Crippen LogP contribution in [0.15, 0.2) is 174 Å². The maximum Gasteiger partial charge on any atom is 0.167 e. The molecule has 0 spiro atoms. The number of fused-ring (bicyclic) bond motifs is 6. The summed E-state index contributed by atoms with van der Waals surface area (Å²) < 4.78 is 121. The molecule has 0 saturated carbocycles. The molecule has 0 fully saturated rings. The molecule has 0 aliphatic heterocycles. The van der Waals surface area contributed by atoms with Crippen LogP contribution in [0.3, 0.4) is 0 Å². The fraction of sp³-hybridized carbons (Fsp3) is 0. The molecular weight excluding hydrogens is 613 g/mol. The van der Waals surface area contributed by atoms with E-state index in [1.165, 1.54) is 16.7 Å². The van der Waals surface area contributed by atoms with Crippen molar-refractivity contribution in [2.45, 2.75) is 0 Å². The molecule has 0 aliphatic rings. The van der Waals surface area contributed by atoms with Crippen LogP contribution in [0.4, 0.5) is 0 Å². The molecular formula is C45H28N4O. The normalized spacial score (nSPS) is 15.2. The quantitative estimate of drug-likeness (QED) is 0.185. The third-order valence-corrected chi connectivity index (χ3v) is 8.57. The van der Waals surface area contributed by atoms with E-state index in [1.807, 2.05) is 72.8 Å². The average molecular weight is 654 g/mol. The van der Waals surface area contributed by atoms with Gasteiger partial charge < -0.3 is 8.98 Å². The zero-order valence-electron chi connectivity index (χ0n) is 38.9. The average Bonchev–Trinajstić information content (AvgIpc) is 3.87. The predicted octanol–water partition coefficient (Wildman–Crippen LogP) is 11.5. The van der Waals surface area contributed by atoms with Crippen molar-refractivity contribution in [2.75, 3.05) is 0 Å². The smallest absolute Gasteiger partial charge is 0.167 e. The number of para-hydroxylation sites is 4. The lowest BCUT2D eigenvalue weighted by molar-refractivity contribution is 0.669. The topological polar surface area (TPSA) is 56.7 Å². The number of hydrogen-bond acceptors (Lipinski definition) is 4. The summed E-state index contributed by atoms with van der Waals surface area (Å²) in [6.07, 6.45) is 0. The molecule has 5 nitrogen and oxygen atoms in total. The van der Waals surface area contributed by atoms with Crippen LogP contribution in [0.5, 0.6) is 0 Å². The van der Waals surface area contributed by atoms with E-state index in [0.717, 1.165) is 10.8 Å². The van der Waals surface area contributed by atoms with Gasteiger partial charge in [-0.05, 0) is 53.5 Å². The van der Waals surface area contributed by atoms with E-state index < -0.39 is 78.6 Å². The molecule has 0 unspecified atom stereocenters. The van der Waals surface area contributed by atoms with Gasteiger partial charge in [0.15, 0.2) is 17.5 Å². The summed E-state index contributed by atoms with van der Waals surface area (Å²) in [5, 5.41) is 1.37. The molecule has 10 rings (SSSR count). The Bertz CT molecular complexity index is 3520. The Hall–Kier alpha value is -6.85. The zero-order chi connectivity index (χ0) is 44.3. The first kappa shape index (κ1) is 18.1. The van der Waals surface area contributed by atoms with Crippen LogP contribution in [-0.4, -0.2) is 19.5 Å². The maximum atomic E-state index is 9.13. The van der Waals surface area contributed by atoms with Crippen LogP contribution in [0.25, 0.3) is 94.7 Å². The van der Waals surface area contributed by atoms with Crippen molar-refractivity contribution in [2.24, 2.45) is 0 Å². The van der Waals surface area contributed by atoms with E-state index in [-0.39, 0.29) is 61.7 Å². The van der Waals surface area contributed by atoms with Gasteiger partial charge in [-0.1, -0.05) is 127 Å². The van der Waals surface area contributed by atoms with Crippen molar-refractivity contribution in [1.29, 1.82) is 0 Å². The summed E-state index contributed by atoms with van der Waals surface area (Å²) in [7, 11) is 0. The molecule has 0 atom stereocenters. The molecule has 0 N–H and O–H groups in total. The number of benzene rings is 7. The standard InChI is InChI=1S/C45H28N4O/c1-3-14-29(15-4-1)31-26-32(28-33(27-31)49-39-23-10-7-18-34(39)35-19-8-11-24-40(35)49)44-46-43(30-16-5-2-6-17-30)47-45(48-44)38-22-13-21-37-36-20-9-12-25-41(36)50-42(37)38/h1-28H/i1D,3D,4D,7D,8D,10D,11D,14D,15D,18D,19D,23D,24D. The highest BCUT2D eigenvalue weighted by Crippen LogP contribution is 2.38. The van der Waals surface area contributed by atoms with Gasteiger partial charge in [-0.2, -0.15) is 0 Å². The van der Waals surface area contributed by atoms with E-state index in [0.29, 0.717) is 22.3 Å². The number of furan rings is 1. The Morgan fingerprint density at radius 2 is 1.08 bits per heavy atom. The van der Waals surface area contributed by atoms with E-state index in [9.17, 15) is 0 Å². The summed E-state index contributed by atoms with van der Waals surface area (Å²) in [5.41, 5.74) is 2.05. The van der Waals surface area contributed by atoms with Gasteiger partial charge in [-0.25, -0.2) is 15.0 Å². The van der Waals surface area contributed by atoms with Crippen LogP contribution in [0.2, 0.25) is 0 Å². The summed E-state index contributed by atoms with van der Waals surface area (Å²) in [4.78, 5) is 14.8. The summed E-state index contributed by atoms with van der Waals surface area (Å²) >= 11 is 0. The number of hydrogen-bond donors (Lipinski definition) is 0. The third-order valence-electron chi connectivity index (χ3n) is 8.57. The first-order valence-electron chi connectivity index (χ1n) is 22.1. The van der Waals surface area contributed by atoms with Gasteiger partial charge in [0.05, 0.1) is 34.4 Å². The molecule has 5 heteroatoms. The van der Waals surface area contributed by atoms with E-state index in [4.69, 9.17) is 37.2 Å². The molecule has 10 aromatic rings. The molecule has 3 aromatic heterocycles. The number of nitrogens with zero attached hydrogens (tertiary/aromatic N) is 4. The van der Waals surface area contributed by atoms with Gasteiger partial charge in [-0.3, -0.25) is 0 Å². The lowest BCUT2D eigenvalue weighted by Gasteiger charge is -2.14. The van der Waals surface area contributed by atoms with Gasteiger partial charge in [0.1, 0.15) is 11.2 Å². The van der Waals surface area contributed by atoms with Gasteiger partial charge in [-0.15, -0.1) is 0 Å². The summed E-state index contributed by atoms with van der Waals surface area (Å²) in [6.45, 7) is 0. The molecule has 7 aromatic carbocycles. The van der Waals surface area contributed by atoms with Crippen LogP contribution in [0.1, 0.15) is 17.8 Å². The third kappa shape index (κ3) is 4.60. The van der Waals surface area contributed by atoms with Crippen molar-refractivity contribution in [3.05, 3.63) is 170 Å². The molecule has 3 heterocycles. The first-order valence-corrected chi connectivity index (χ1v) is 15.6. The minimum absolute atomic E-state index is 0.0481. The van der Waals surface area contributed by atoms with Crippen molar-refractivity contribution in [3.8, 4) is 51.0 Å². The lowest BCUT2D eigenvalue weighted by Crippen LogP contribution is -2.02. The monoisotopic (exact) mass is 653 g/mol. The summed E-state index contributed by atoms with van der Waals surface area (Å²) in [6, 6.07) is 19.3. The molecule has 0 bridgehead atoms. The van der Waals surface area contributed by atoms with Gasteiger partial charge in [0, 0.05) is 38.4 Å². The van der Waals surface area contributed by atoms with E-state index in [2.05, 4.69) is 0 Å². The minimum Gasteiger partial charge on any atom is -0.455 e. The van der Waals surface area contributed by atoms with Gasteiger partial charge in [0.2, 0.25) is 0 Å². The Morgan fingerprint density at radius 3 is 1.86 bits per heavy atom. The largest absolute Gasteiger partial charge is 0.455 e. The highest BCUT2D eigenvalue weighted by Gasteiger charge is 2.19. The molecule has 0 saturated heterocycles. The second-order valence-corrected chi connectivity index (χ2v) is 11.5. The minimum atomic E-state index is -0.622. The van der Waals surface area contributed by atoms with Crippen LogP contribution < -0.4 is 0 Å². The van der Waals surface area contributed by atoms with Crippen molar-refractivity contribution >= 4 is 43.7 Å². The number of aromatic nitrogens is 4. The van der Waals surface area contributed by atoms with Crippen molar-refractivity contribution in [1.82, 2.24) is 19.5 Å². The second-order valence-electron chi connectivity index (χ2n) is 11.5. The highest BCUT2D eigenvalue weighted by atomic mass is 16.3. The molecule has 50 heavy (non-hydrogen) atoms. The summed E-state index contributed by atoms with van der Waals surface area (Å²) in [5.74, 6) is 0.504. The van der Waals surface area contributed by atoms with Gasteiger partial charge >= 0.3 is 0 Å². The first-order chi connectivity index (χ1) is 30.2. The fourth-order valence-electron chi connectivity index (χ4n) is 6.35. The van der Waals surface area contributed by atoms with Crippen molar-refractivity contribution < 1.29 is 22.2 Å². The predicted molar refractivity (Wildman–Crippen MR) is 203 cm³/mol. The van der Waals surface area contributed by atoms with Crippen LogP contribution >= 0.6 is 0 Å². The van der Waals surface area contributed by atoms with E-state index >= 15 is 0 Å². The van der Waals surface area contributed by atoms with Gasteiger partial charge in [0.25, 0.3) is 0 Å². The Labute approximate surface area is 306 Å². The van der Waals surface area contributed by atoms with Crippen molar-refractivity contribution in [3.63, 3.8) is 0 Å².